The number of esters is 1. The minimum absolute atomic E-state index is 0.310. The number of rotatable bonds is 6. The zero-order chi connectivity index (χ0) is 17.5. The number of benzene rings is 2. The van der Waals surface area contributed by atoms with Crippen molar-refractivity contribution in [2.24, 2.45) is 0 Å². The number of hydrogen-bond donors (Lipinski definition) is 1. The highest BCUT2D eigenvalue weighted by Gasteiger charge is 2.18. The summed E-state index contributed by atoms with van der Waals surface area (Å²) >= 11 is 3.29. The third-order valence-electron chi connectivity index (χ3n) is 2.96. The third-order valence-corrected chi connectivity index (χ3v) is 3.49. The van der Waals surface area contributed by atoms with Gasteiger partial charge in [-0.2, -0.15) is 0 Å². The first kappa shape index (κ1) is 17.9. The van der Waals surface area contributed by atoms with Crippen molar-refractivity contribution in [3.63, 3.8) is 0 Å². The van der Waals surface area contributed by atoms with E-state index in [2.05, 4.69) is 21.2 Å². The lowest BCUT2D eigenvalue weighted by Gasteiger charge is -2.14. The molecule has 2 rings (SSSR count). The van der Waals surface area contributed by atoms with E-state index in [-0.39, 0.29) is 6.61 Å². The summed E-state index contributed by atoms with van der Waals surface area (Å²) < 4.78 is 24.0. The van der Waals surface area contributed by atoms with E-state index < -0.39 is 23.8 Å². The van der Waals surface area contributed by atoms with Crippen molar-refractivity contribution in [2.75, 3.05) is 11.9 Å². The first-order valence-corrected chi connectivity index (χ1v) is 7.87. The summed E-state index contributed by atoms with van der Waals surface area (Å²) in [6, 6.07) is 12.2. The molecule has 0 aliphatic carbocycles. The quantitative estimate of drug-likeness (QED) is 0.759. The Labute approximate surface area is 146 Å². The molecule has 0 aliphatic heterocycles. The summed E-state index contributed by atoms with van der Waals surface area (Å²) in [5.41, 5.74) is 0.412. The van der Waals surface area contributed by atoms with Crippen LogP contribution in [0.25, 0.3) is 0 Å². The number of halogens is 2. The van der Waals surface area contributed by atoms with E-state index in [0.717, 1.165) is 4.47 Å². The average molecular weight is 396 g/mol. The van der Waals surface area contributed by atoms with Gasteiger partial charge in [0, 0.05) is 10.2 Å². The van der Waals surface area contributed by atoms with Crippen molar-refractivity contribution in [3.05, 3.63) is 58.8 Å². The van der Waals surface area contributed by atoms with Crippen molar-refractivity contribution < 1.29 is 23.5 Å². The molecule has 0 bridgehead atoms. The van der Waals surface area contributed by atoms with Crippen molar-refractivity contribution >= 4 is 33.5 Å². The zero-order valence-electron chi connectivity index (χ0n) is 12.8. The summed E-state index contributed by atoms with van der Waals surface area (Å²) in [5.74, 6) is -1.07. The first-order chi connectivity index (χ1) is 11.4. The lowest BCUT2D eigenvalue weighted by molar-refractivity contribution is -0.155. The van der Waals surface area contributed by atoms with Gasteiger partial charge in [0.25, 0.3) is 5.91 Å². The monoisotopic (exact) mass is 395 g/mol. The molecule has 0 saturated carbocycles. The van der Waals surface area contributed by atoms with Crippen molar-refractivity contribution in [1.29, 1.82) is 0 Å². The number of carbonyl (C=O) groups is 2. The fraction of sp³-hybridized carbons (Fsp3) is 0.176. The van der Waals surface area contributed by atoms with Gasteiger partial charge in [-0.15, -0.1) is 0 Å². The molecule has 1 amide bonds. The Morgan fingerprint density at radius 2 is 1.75 bits per heavy atom. The highest BCUT2D eigenvalue weighted by Crippen LogP contribution is 2.16. The van der Waals surface area contributed by atoms with Gasteiger partial charge < -0.3 is 14.8 Å². The van der Waals surface area contributed by atoms with Crippen LogP contribution in [0.3, 0.4) is 0 Å². The summed E-state index contributed by atoms with van der Waals surface area (Å²) in [5, 5.41) is 2.53. The van der Waals surface area contributed by atoms with Gasteiger partial charge in [-0.25, -0.2) is 9.18 Å². The van der Waals surface area contributed by atoms with Crippen LogP contribution in [0.4, 0.5) is 10.1 Å². The van der Waals surface area contributed by atoms with E-state index in [1.165, 1.54) is 31.2 Å². The summed E-state index contributed by atoms with van der Waals surface area (Å²) in [7, 11) is 0. The predicted octanol–water partition coefficient (Wildman–Crippen LogP) is 3.54. The van der Waals surface area contributed by atoms with Gasteiger partial charge in [-0.1, -0.05) is 15.9 Å². The number of nitrogens with one attached hydrogen (secondary N) is 1. The second kappa shape index (κ2) is 8.44. The van der Waals surface area contributed by atoms with Gasteiger partial charge in [0.05, 0.1) is 0 Å². The maximum Gasteiger partial charge on any atom is 0.344 e. The Hall–Kier alpha value is -2.41. The number of hydrogen-bond acceptors (Lipinski definition) is 4. The summed E-state index contributed by atoms with van der Waals surface area (Å²) in [6.07, 6.45) is -1.00. The molecule has 0 heterocycles. The highest BCUT2D eigenvalue weighted by molar-refractivity contribution is 9.10. The first-order valence-electron chi connectivity index (χ1n) is 7.08. The van der Waals surface area contributed by atoms with Gasteiger partial charge in [-0.05, 0) is 55.5 Å². The maximum absolute atomic E-state index is 12.8. The van der Waals surface area contributed by atoms with Gasteiger partial charge >= 0.3 is 5.97 Å². The van der Waals surface area contributed by atoms with Crippen LogP contribution in [-0.2, 0) is 14.3 Å². The van der Waals surface area contributed by atoms with Crippen LogP contribution >= 0.6 is 15.9 Å². The minimum atomic E-state index is -1.00. The Bertz CT molecular complexity index is 704. The molecule has 7 heteroatoms. The lowest BCUT2D eigenvalue weighted by Crippen LogP contribution is -2.31. The van der Waals surface area contributed by atoms with Crippen molar-refractivity contribution in [2.45, 2.75) is 13.0 Å². The van der Waals surface area contributed by atoms with E-state index in [0.29, 0.717) is 11.4 Å². The summed E-state index contributed by atoms with van der Waals surface area (Å²) in [6.45, 7) is 1.13. The fourth-order valence-electron chi connectivity index (χ4n) is 1.73. The smallest absolute Gasteiger partial charge is 0.344 e. The van der Waals surface area contributed by atoms with Gasteiger partial charge in [-0.3, -0.25) is 4.79 Å². The third kappa shape index (κ3) is 5.66. The zero-order valence-corrected chi connectivity index (χ0v) is 14.4. The standard InChI is InChI=1S/C17H15BrFNO4/c1-11(17(22)20-14-6-4-13(19)5-7-14)24-16(21)10-23-15-8-2-12(18)3-9-15/h2-9,11H,10H2,1H3,(H,20,22)/t11-/m0/s1. The molecule has 0 aliphatic rings. The maximum atomic E-state index is 12.8. The van der Waals surface area contributed by atoms with E-state index in [4.69, 9.17) is 9.47 Å². The molecule has 0 spiro atoms. The molecule has 0 aromatic heterocycles. The van der Waals surface area contributed by atoms with Crippen LogP contribution in [-0.4, -0.2) is 24.6 Å². The Kier molecular flexibility index (Phi) is 6.31. The molecule has 5 nitrogen and oxygen atoms in total. The number of amides is 1. The molecule has 0 unspecified atom stereocenters. The molecule has 1 atom stereocenters. The van der Waals surface area contributed by atoms with Crippen LogP contribution in [0.1, 0.15) is 6.92 Å². The van der Waals surface area contributed by atoms with Crippen LogP contribution in [0.5, 0.6) is 5.75 Å². The molecule has 2 aromatic rings. The second-order valence-electron chi connectivity index (χ2n) is 4.87. The number of ether oxygens (including phenoxy) is 2. The van der Waals surface area contributed by atoms with Crippen molar-refractivity contribution in [1.82, 2.24) is 0 Å². The van der Waals surface area contributed by atoms with Gasteiger partial charge in [0.15, 0.2) is 12.7 Å². The van der Waals surface area contributed by atoms with E-state index >= 15 is 0 Å². The van der Waals surface area contributed by atoms with Crippen LogP contribution in [0, 0.1) is 5.82 Å². The molecule has 2 aromatic carbocycles. The van der Waals surface area contributed by atoms with Gasteiger partial charge in [0.1, 0.15) is 11.6 Å². The summed E-state index contributed by atoms with van der Waals surface area (Å²) in [4.78, 5) is 23.6. The lowest BCUT2D eigenvalue weighted by atomic mass is 10.3. The van der Waals surface area contributed by atoms with Gasteiger partial charge in [0.2, 0.25) is 0 Å². The van der Waals surface area contributed by atoms with Crippen LogP contribution in [0.2, 0.25) is 0 Å². The highest BCUT2D eigenvalue weighted by atomic mass is 79.9. The molecule has 24 heavy (non-hydrogen) atoms. The Balaban J connectivity index is 1.78. The van der Waals surface area contributed by atoms with Crippen LogP contribution < -0.4 is 10.1 Å². The number of anilines is 1. The molecule has 126 valence electrons. The normalized spacial score (nSPS) is 11.5. The Morgan fingerprint density at radius 3 is 2.38 bits per heavy atom. The average Bonchev–Trinajstić information content (AvgIpc) is 2.56. The fourth-order valence-corrected chi connectivity index (χ4v) is 2.00. The molecular formula is C17H15BrFNO4. The largest absolute Gasteiger partial charge is 0.482 e. The van der Waals surface area contributed by atoms with E-state index in [9.17, 15) is 14.0 Å². The molecular weight excluding hydrogens is 381 g/mol. The Morgan fingerprint density at radius 1 is 1.12 bits per heavy atom. The molecule has 1 N–H and O–H groups in total. The molecule has 0 radical (unpaired) electrons. The van der Waals surface area contributed by atoms with E-state index in [1.54, 1.807) is 24.3 Å². The topological polar surface area (TPSA) is 64.6 Å². The van der Waals surface area contributed by atoms with E-state index in [1.807, 2.05) is 0 Å². The molecule has 0 fully saturated rings. The number of carbonyl (C=O) groups excluding carboxylic acids is 2. The second-order valence-corrected chi connectivity index (χ2v) is 5.79. The van der Waals surface area contributed by atoms with Crippen molar-refractivity contribution in [3.8, 4) is 5.75 Å². The molecule has 0 saturated heterocycles. The SMILES string of the molecule is C[C@H](OC(=O)COc1ccc(Br)cc1)C(=O)Nc1ccc(F)cc1. The van der Waals surface area contributed by atoms with Crippen LogP contribution in [0.15, 0.2) is 53.0 Å². The minimum Gasteiger partial charge on any atom is -0.482 e. The predicted molar refractivity (Wildman–Crippen MR) is 90.2 cm³/mol.